The number of piperidine rings is 1. The van der Waals surface area contributed by atoms with E-state index in [2.05, 4.69) is 10.3 Å². The molecule has 116 valence electrons. The molecule has 5 nitrogen and oxygen atoms in total. The minimum Gasteiger partial charge on any atom is -0.330 e. The summed E-state index contributed by atoms with van der Waals surface area (Å²) in [5.41, 5.74) is 6.79. The van der Waals surface area contributed by atoms with Crippen molar-refractivity contribution in [2.24, 2.45) is 11.7 Å². The molecule has 3 rings (SSSR count). The zero-order valence-corrected chi connectivity index (χ0v) is 13.2. The number of thiazole rings is 1. The lowest BCUT2D eigenvalue weighted by Crippen LogP contribution is -2.42. The van der Waals surface area contributed by atoms with Crippen molar-refractivity contribution in [3.05, 3.63) is 36.5 Å². The van der Waals surface area contributed by atoms with E-state index in [1.54, 1.807) is 6.20 Å². The van der Waals surface area contributed by atoms with Gasteiger partial charge in [-0.3, -0.25) is 5.32 Å². The van der Waals surface area contributed by atoms with Gasteiger partial charge in [0.05, 0.1) is 4.88 Å². The number of amides is 2. The van der Waals surface area contributed by atoms with Crippen molar-refractivity contribution in [2.45, 2.75) is 12.8 Å². The molecule has 0 unspecified atom stereocenters. The number of anilines is 1. The third-order valence-electron chi connectivity index (χ3n) is 4.01. The number of nitrogens with zero attached hydrogens (tertiary/aromatic N) is 2. The Kier molecular flexibility index (Phi) is 4.70. The summed E-state index contributed by atoms with van der Waals surface area (Å²) >= 11 is 1.49. The monoisotopic (exact) mass is 316 g/mol. The Hall–Kier alpha value is -1.92. The first-order valence-corrected chi connectivity index (χ1v) is 8.35. The van der Waals surface area contributed by atoms with Crippen molar-refractivity contribution in [3.63, 3.8) is 0 Å². The van der Waals surface area contributed by atoms with Crippen LogP contribution in [0.2, 0.25) is 0 Å². The van der Waals surface area contributed by atoms with Crippen LogP contribution < -0.4 is 11.1 Å². The predicted octanol–water partition coefficient (Wildman–Crippen LogP) is 3.01. The molecule has 1 aromatic heterocycles. The summed E-state index contributed by atoms with van der Waals surface area (Å²) in [7, 11) is 0. The van der Waals surface area contributed by atoms with Gasteiger partial charge in [-0.25, -0.2) is 9.78 Å². The van der Waals surface area contributed by atoms with Gasteiger partial charge < -0.3 is 10.6 Å². The summed E-state index contributed by atoms with van der Waals surface area (Å²) in [6.07, 6.45) is 3.77. The first kappa shape index (κ1) is 15.0. The van der Waals surface area contributed by atoms with E-state index in [0.717, 1.165) is 36.4 Å². The number of rotatable bonds is 3. The van der Waals surface area contributed by atoms with Crippen LogP contribution in [0, 0.1) is 5.92 Å². The lowest BCUT2D eigenvalue weighted by molar-refractivity contribution is 0.184. The Morgan fingerprint density at radius 2 is 2.05 bits per heavy atom. The quantitative estimate of drug-likeness (QED) is 0.914. The lowest BCUT2D eigenvalue weighted by atomic mass is 9.97. The predicted molar refractivity (Wildman–Crippen MR) is 89.9 cm³/mol. The first-order chi connectivity index (χ1) is 10.8. The largest absolute Gasteiger partial charge is 0.330 e. The van der Waals surface area contributed by atoms with Gasteiger partial charge in [-0.05, 0) is 30.9 Å². The maximum Gasteiger partial charge on any atom is 0.323 e. The van der Waals surface area contributed by atoms with E-state index < -0.39 is 0 Å². The fourth-order valence-corrected chi connectivity index (χ4v) is 3.42. The van der Waals surface area contributed by atoms with E-state index in [1.807, 2.05) is 35.2 Å². The van der Waals surface area contributed by atoms with Crippen molar-refractivity contribution < 1.29 is 4.79 Å². The SMILES string of the molecule is NCC1CCN(C(=O)Nc2ncc(-c3ccccc3)s2)CC1. The number of carbonyl (C=O) groups is 1. The molecule has 1 aliphatic heterocycles. The molecule has 1 fully saturated rings. The normalized spacial score (nSPS) is 15.8. The molecule has 6 heteroatoms. The lowest BCUT2D eigenvalue weighted by Gasteiger charge is -2.31. The van der Waals surface area contributed by atoms with Gasteiger partial charge in [0.15, 0.2) is 5.13 Å². The number of hydrogen-bond donors (Lipinski definition) is 2. The molecule has 22 heavy (non-hydrogen) atoms. The van der Waals surface area contributed by atoms with Crippen LogP contribution in [-0.2, 0) is 0 Å². The number of urea groups is 1. The zero-order chi connectivity index (χ0) is 15.4. The van der Waals surface area contributed by atoms with Crippen molar-refractivity contribution in [1.29, 1.82) is 0 Å². The first-order valence-electron chi connectivity index (χ1n) is 7.53. The van der Waals surface area contributed by atoms with E-state index in [0.29, 0.717) is 17.6 Å². The van der Waals surface area contributed by atoms with E-state index in [-0.39, 0.29) is 6.03 Å². The molecule has 0 aliphatic carbocycles. The van der Waals surface area contributed by atoms with Gasteiger partial charge in [0, 0.05) is 19.3 Å². The second-order valence-electron chi connectivity index (χ2n) is 5.49. The topological polar surface area (TPSA) is 71.2 Å². The highest BCUT2D eigenvalue weighted by atomic mass is 32.1. The van der Waals surface area contributed by atoms with Crippen LogP contribution in [0.4, 0.5) is 9.93 Å². The second kappa shape index (κ2) is 6.89. The summed E-state index contributed by atoms with van der Waals surface area (Å²) in [6.45, 7) is 2.25. The van der Waals surface area contributed by atoms with E-state index >= 15 is 0 Å². The molecule has 3 N–H and O–H groups in total. The van der Waals surface area contributed by atoms with Gasteiger partial charge in [0.2, 0.25) is 0 Å². The number of nitrogens with two attached hydrogens (primary N) is 1. The Morgan fingerprint density at radius 3 is 2.73 bits per heavy atom. The fraction of sp³-hybridized carbons (Fsp3) is 0.375. The Bertz CT molecular complexity index is 620. The highest BCUT2D eigenvalue weighted by Gasteiger charge is 2.22. The molecule has 0 spiro atoms. The van der Waals surface area contributed by atoms with Crippen molar-refractivity contribution in [2.75, 3.05) is 25.0 Å². The van der Waals surface area contributed by atoms with Crippen LogP contribution in [0.3, 0.4) is 0 Å². The van der Waals surface area contributed by atoms with Crippen molar-refractivity contribution >= 4 is 22.5 Å². The van der Waals surface area contributed by atoms with Gasteiger partial charge in [-0.2, -0.15) is 0 Å². The number of carbonyl (C=O) groups excluding carboxylic acids is 1. The number of nitrogens with one attached hydrogen (secondary N) is 1. The fourth-order valence-electron chi connectivity index (χ4n) is 2.61. The molecule has 1 aromatic carbocycles. The van der Waals surface area contributed by atoms with Crippen molar-refractivity contribution in [1.82, 2.24) is 9.88 Å². The average molecular weight is 316 g/mol. The summed E-state index contributed by atoms with van der Waals surface area (Å²) in [4.78, 5) is 19.5. The van der Waals surface area contributed by atoms with Crippen LogP contribution in [0.5, 0.6) is 0 Å². The van der Waals surface area contributed by atoms with Gasteiger partial charge >= 0.3 is 6.03 Å². The highest BCUT2D eigenvalue weighted by molar-refractivity contribution is 7.19. The maximum absolute atomic E-state index is 12.3. The average Bonchev–Trinajstić information content (AvgIpc) is 3.04. The van der Waals surface area contributed by atoms with Gasteiger partial charge in [-0.15, -0.1) is 0 Å². The molecule has 0 atom stereocenters. The third-order valence-corrected chi connectivity index (χ3v) is 4.97. The molecular formula is C16H20N4OS. The molecular weight excluding hydrogens is 296 g/mol. The zero-order valence-electron chi connectivity index (χ0n) is 12.4. The van der Waals surface area contributed by atoms with Gasteiger partial charge in [0.1, 0.15) is 0 Å². The summed E-state index contributed by atoms with van der Waals surface area (Å²) in [5.74, 6) is 0.550. The smallest absolute Gasteiger partial charge is 0.323 e. The molecule has 0 radical (unpaired) electrons. The number of aromatic nitrogens is 1. The van der Waals surface area contributed by atoms with Crippen molar-refractivity contribution in [3.8, 4) is 10.4 Å². The van der Waals surface area contributed by atoms with Crippen LogP contribution in [0.25, 0.3) is 10.4 Å². The van der Waals surface area contributed by atoms with Gasteiger partial charge in [0.25, 0.3) is 0 Å². The second-order valence-corrected chi connectivity index (χ2v) is 6.52. The minimum absolute atomic E-state index is 0.0653. The molecule has 0 saturated carbocycles. The molecule has 2 heterocycles. The molecule has 1 aliphatic rings. The number of likely N-dealkylation sites (tertiary alicyclic amines) is 1. The summed E-state index contributed by atoms with van der Waals surface area (Å²) in [6, 6.07) is 9.99. The Morgan fingerprint density at radius 1 is 1.32 bits per heavy atom. The number of hydrogen-bond acceptors (Lipinski definition) is 4. The Labute approximate surface area is 134 Å². The van der Waals surface area contributed by atoms with Crippen LogP contribution in [-0.4, -0.2) is 35.5 Å². The number of benzene rings is 1. The highest BCUT2D eigenvalue weighted by Crippen LogP contribution is 2.29. The molecule has 2 aromatic rings. The Balaban J connectivity index is 1.60. The van der Waals surface area contributed by atoms with Crippen LogP contribution in [0.1, 0.15) is 12.8 Å². The molecule has 2 amide bonds. The van der Waals surface area contributed by atoms with E-state index in [4.69, 9.17) is 5.73 Å². The standard InChI is InChI=1S/C16H20N4OS/c17-10-12-6-8-20(9-7-12)16(21)19-15-18-11-14(22-15)13-4-2-1-3-5-13/h1-5,11-12H,6-10,17H2,(H,18,19,21). The minimum atomic E-state index is -0.0653. The van der Waals surface area contributed by atoms with Gasteiger partial charge in [-0.1, -0.05) is 41.7 Å². The molecule has 1 saturated heterocycles. The maximum atomic E-state index is 12.3. The third kappa shape index (κ3) is 3.45. The van der Waals surface area contributed by atoms with Crippen LogP contribution >= 0.6 is 11.3 Å². The molecule has 0 bridgehead atoms. The van der Waals surface area contributed by atoms with E-state index in [1.165, 1.54) is 11.3 Å². The van der Waals surface area contributed by atoms with Crippen LogP contribution in [0.15, 0.2) is 36.5 Å². The summed E-state index contributed by atoms with van der Waals surface area (Å²) in [5, 5.41) is 3.54. The van der Waals surface area contributed by atoms with E-state index in [9.17, 15) is 4.79 Å². The summed E-state index contributed by atoms with van der Waals surface area (Å²) < 4.78 is 0.